The summed E-state index contributed by atoms with van der Waals surface area (Å²) in [5, 5.41) is 7.33. The van der Waals surface area contributed by atoms with Crippen molar-refractivity contribution in [3.8, 4) is 11.8 Å². The van der Waals surface area contributed by atoms with Gasteiger partial charge in [-0.1, -0.05) is 36.3 Å². The van der Waals surface area contributed by atoms with Crippen molar-refractivity contribution in [3.05, 3.63) is 53.9 Å². The molecule has 0 unspecified atom stereocenters. The van der Waals surface area contributed by atoms with Crippen molar-refractivity contribution in [1.29, 1.82) is 0 Å². The normalized spacial score (nSPS) is 25.6. The smallest absolute Gasteiger partial charge is 0.411 e. The van der Waals surface area contributed by atoms with Crippen LogP contribution in [0, 0.1) is 11.8 Å². The van der Waals surface area contributed by atoms with Crippen molar-refractivity contribution in [2.45, 2.75) is 69.4 Å². The van der Waals surface area contributed by atoms with Crippen LogP contribution >= 0.6 is 0 Å². The van der Waals surface area contributed by atoms with Crippen LogP contribution in [0.2, 0.25) is 0 Å². The minimum absolute atomic E-state index is 0.0824. The van der Waals surface area contributed by atoms with E-state index < -0.39 is 0 Å². The number of H-pyrrole nitrogens is 1. The van der Waals surface area contributed by atoms with Crippen molar-refractivity contribution in [3.63, 3.8) is 0 Å². The molecule has 1 aliphatic carbocycles. The highest BCUT2D eigenvalue weighted by Gasteiger charge is 2.38. The molecule has 1 saturated heterocycles. The molecule has 1 amide bonds. The lowest BCUT2D eigenvalue weighted by molar-refractivity contribution is -0.0251. The summed E-state index contributed by atoms with van der Waals surface area (Å²) >= 11 is 0. The highest BCUT2D eigenvalue weighted by atomic mass is 16.6. The van der Waals surface area contributed by atoms with Crippen molar-refractivity contribution in [2.75, 3.05) is 19.8 Å². The van der Waals surface area contributed by atoms with Crippen LogP contribution in [0.4, 0.5) is 4.79 Å². The van der Waals surface area contributed by atoms with Crippen LogP contribution in [0.5, 0.6) is 0 Å². The van der Waals surface area contributed by atoms with E-state index in [1.165, 1.54) is 5.56 Å². The van der Waals surface area contributed by atoms with Gasteiger partial charge >= 0.3 is 6.09 Å². The molecule has 1 N–H and O–H groups in total. The van der Waals surface area contributed by atoms with E-state index in [-0.39, 0.29) is 30.8 Å². The number of aromatic nitrogens is 2. The molecule has 2 fully saturated rings. The number of nitrogens with one attached hydrogen (secondary N) is 1. The fourth-order valence-electron chi connectivity index (χ4n) is 5.09. The first-order chi connectivity index (χ1) is 15.8. The molecule has 32 heavy (non-hydrogen) atoms. The fourth-order valence-corrected chi connectivity index (χ4v) is 5.09. The number of carbonyl (C=O) groups is 1. The Kier molecular flexibility index (Phi) is 7.84. The number of piperidine rings is 1. The molecule has 2 aromatic rings. The molecule has 4 rings (SSSR count). The molecule has 6 heteroatoms. The molecule has 1 aromatic carbocycles. The van der Waals surface area contributed by atoms with E-state index in [0.717, 1.165) is 44.2 Å². The molecule has 0 bridgehead atoms. The highest BCUT2D eigenvalue weighted by molar-refractivity contribution is 5.68. The summed E-state index contributed by atoms with van der Waals surface area (Å²) in [5.74, 6) is 6.33. The average molecular weight is 436 g/mol. The molecular formula is C26H33N3O3. The van der Waals surface area contributed by atoms with Crippen molar-refractivity contribution >= 4 is 6.09 Å². The number of hydrogen-bond acceptors (Lipinski definition) is 4. The van der Waals surface area contributed by atoms with Gasteiger partial charge < -0.3 is 14.4 Å². The topological polar surface area (TPSA) is 67.5 Å². The number of carbonyl (C=O) groups excluding carboxylic acids is 1. The first-order valence-electron chi connectivity index (χ1n) is 11.8. The Bertz CT molecular complexity index is 895. The van der Waals surface area contributed by atoms with E-state index in [1.54, 1.807) is 6.92 Å². The zero-order valence-corrected chi connectivity index (χ0v) is 18.8. The van der Waals surface area contributed by atoms with Gasteiger partial charge in [-0.3, -0.25) is 5.10 Å². The largest absolute Gasteiger partial charge is 0.436 e. The number of amides is 1. The number of ether oxygens (including phenoxy) is 2. The highest BCUT2D eigenvalue weighted by Crippen LogP contribution is 2.36. The summed E-state index contributed by atoms with van der Waals surface area (Å²) in [6, 6.07) is 12.7. The number of rotatable bonds is 6. The molecule has 2 heterocycles. The first-order valence-corrected chi connectivity index (χ1v) is 11.8. The van der Waals surface area contributed by atoms with Crippen LogP contribution in [0.3, 0.4) is 0 Å². The van der Waals surface area contributed by atoms with Gasteiger partial charge in [-0.2, -0.15) is 5.10 Å². The molecule has 2 atom stereocenters. The standard InChI is InChI=1S/C26H33N3O3/c1-2-3-18-31-26(30)29-17-7-10-23(24-15-16-27-28-24)25(29)19-32-22-13-11-21(12-14-22)20-8-5-4-6-9-20/h4-6,8-9,15-16,21-23,25H,7,10-14,17-19H2,1H3,(H,27,28)/t21-,22+,23-,25+/m1/s1. The summed E-state index contributed by atoms with van der Waals surface area (Å²) in [5.41, 5.74) is 2.41. The second kappa shape index (κ2) is 11.2. The maximum atomic E-state index is 12.8. The summed E-state index contributed by atoms with van der Waals surface area (Å²) in [7, 11) is 0. The van der Waals surface area contributed by atoms with E-state index in [4.69, 9.17) is 9.47 Å². The number of likely N-dealkylation sites (tertiary alicyclic amines) is 1. The van der Waals surface area contributed by atoms with Crippen LogP contribution in [-0.4, -0.2) is 53.1 Å². The SMILES string of the molecule is CC#CCOC(=O)N1CCC[C@H](c2cc[nH]n2)[C@@H]1CO[C@H]1CC[C@@H](c2ccccc2)CC1. The number of benzene rings is 1. The van der Waals surface area contributed by atoms with Gasteiger partial charge in [0, 0.05) is 18.7 Å². The third-order valence-corrected chi connectivity index (χ3v) is 6.81. The van der Waals surface area contributed by atoms with Crippen molar-refractivity contribution < 1.29 is 14.3 Å². The maximum absolute atomic E-state index is 12.8. The summed E-state index contributed by atoms with van der Waals surface area (Å²) in [6.45, 7) is 3.04. The third-order valence-electron chi connectivity index (χ3n) is 6.81. The number of hydrogen-bond donors (Lipinski definition) is 1. The zero-order chi connectivity index (χ0) is 22.2. The lowest BCUT2D eigenvalue weighted by Gasteiger charge is -2.40. The van der Waals surface area contributed by atoms with Gasteiger partial charge in [0.05, 0.1) is 24.4 Å². The lowest BCUT2D eigenvalue weighted by Crippen LogP contribution is -2.50. The predicted octanol–water partition coefficient (Wildman–Crippen LogP) is 4.86. The van der Waals surface area contributed by atoms with E-state index in [2.05, 4.69) is 52.4 Å². The number of nitrogens with zero attached hydrogens (tertiary/aromatic N) is 2. The predicted molar refractivity (Wildman–Crippen MR) is 123 cm³/mol. The Balaban J connectivity index is 1.38. The third kappa shape index (κ3) is 5.52. The maximum Gasteiger partial charge on any atom is 0.411 e. The van der Waals surface area contributed by atoms with Crippen LogP contribution in [0.25, 0.3) is 0 Å². The average Bonchev–Trinajstić information content (AvgIpc) is 3.38. The van der Waals surface area contributed by atoms with Gasteiger partial charge in [0.25, 0.3) is 0 Å². The van der Waals surface area contributed by atoms with Gasteiger partial charge in [-0.05, 0) is 63.0 Å². The van der Waals surface area contributed by atoms with Gasteiger partial charge in [0.15, 0.2) is 6.61 Å². The Morgan fingerprint density at radius 2 is 1.97 bits per heavy atom. The minimum atomic E-state index is -0.311. The second-order valence-corrected chi connectivity index (χ2v) is 8.71. The van der Waals surface area contributed by atoms with Crippen LogP contribution < -0.4 is 0 Å². The summed E-state index contributed by atoms with van der Waals surface area (Å²) in [6.07, 6.45) is 8.06. The Morgan fingerprint density at radius 3 is 2.69 bits per heavy atom. The minimum Gasteiger partial charge on any atom is -0.436 e. The summed E-state index contributed by atoms with van der Waals surface area (Å²) in [4.78, 5) is 14.6. The Hall–Kier alpha value is -2.78. The fraction of sp³-hybridized carbons (Fsp3) is 0.538. The van der Waals surface area contributed by atoms with Crippen LogP contribution in [0.1, 0.15) is 68.5 Å². The van der Waals surface area contributed by atoms with Crippen LogP contribution in [0.15, 0.2) is 42.6 Å². The van der Waals surface area contributed by atoms with Gasteiger partial charge in [-0.25, -0.2) is 4.79 Å². The van der Waals surface area contributed by atoms with E-state index in [9.17, 15) is 4.79 Å². The molecule has 170 valence electrons. The first kappa shape index (κ1) is 22.4. The van der Waals surface area contributed by atoms with E-state index >= 15 is 0 Å². The van der Waals surface area contributed by atoms with Gasteiger partial charge in [-0.15, -0.1) is 5.92 Å². The van der Waals surface area contributed by atoms with Gasteiger partial charge in [0.1, 0.15) is 0 Å². The number of aromatic amines is 1. The molecule has 1 aliphatic heterocycles. The van der Waals surface area contributed by atoms with Crippen LogP contribution in [-0.2, 0) is 9.47 Å². The lowest BCUT2D eigenvalue weighted by atomic mass is 9.82. The van der Waals surface area contributed by atoms with Crippen molar-refractivity contribution in [2.24, 2.45) is 0 Å². The zero-order valence-electron chi connectivity index (χ0n) is 18.8. The molecule has 0 radical (unpaired) electrons. The van der Waals surface area contributed by atoms with E-state index in [0.29, 0.717) is 19.1 Å². The molecule has 1 saturated carbocycles. The molecule has 0 spiro atoms. The molecular weight excluding hydrogens is 402 g/mol. The molecule has 6 nitrogen and oxygen atoms in total. The quantitative estimate of drug-likeness (QED) is 0.658. The molecule has 2 aliphatic rings. The Morgan fingerprint density at radius 1 is 1.16 bits per heavy atom. The second-order valence-electron chi connectivity index (χ2n) is 8.71. The Labute approximate surface area is 190 Å². The van der Waals surface area contributed by atoms with E-state index in [1.807, 2.05) is 17.2 Å². The molecule has 1 aromatic heterocycles. The monoisotopic (exact) mass is 435 g/mol. The van der Waals surface area contributed by atoms with Crippen molar-refractivity contribution in [1.82, 2.24) is 15.1 Å². The summed E-state index contributed by atoms with van der Waals surface area (Å²) < 4.78 is 11.8. The van der Waals surface area contributed by atoms with Gasteiger partial charge in [0.2, 0.25) is 0 Å².